The van der Waals surface area contributed by atoms with Gasteiger partial charge in [-0.05, 0) is 37.1 Å². The average molecular weight is 315 g/mol. The first kappa shape index (κ1) is 17.9. The van der Waals surface area contributed by atoms with Gasteiger partial charge in [-0.15, -0.1) is 12.4 Å². The number of halogens is 2. The molecule has 1 aliphatic rings. The minimum atomic E-state index is -0.533. The number of nitrogens with one attached hydrogen (secondary N) is 2. The van der Waals surface area contributed by atoms with Gasteiger partial charge in [0.05, 0.1) is 5.41 Å². The van der Waals surface area contributed by atoms with Crippen LogP contribution < -0.4 is 10.6 Å². The van der Waals surface area contributed by atoms with Crippen LogP contribution in [0.3, 0.4) is 0 Å². The van der Waals surface area contributed by atoms with Crippen LogP contribution in [-0.2, 0) is 10.2 Å². The fourth-order valence-electron chi connectivity index (χ4n) is 3.02. The van der Waals surface area contributed by atoms with E-state index in [0.29, 0.717) is 6.54 Å². The second kappa shape index (κ2) is 8.35. The Balaban J connectivity index is 0.00000220. The van der Waals surface area contributed by atoms with Gasteiger partial charge in [0, 0.05) is 13.1 Å². The molecule has 1 aliphatic carbocycles. The normalized spacial score (nSPS) is 16.3. The van der Waals surface area contributed by atoms with Gasteiger partial charge in [-0.3, -0.25) is 4.79 Å². The van der Waals surface area contributed by atoms with Crippen molar-refractivity contribution in [2.45, 2.75) is 38.0 Å². The summed E-state index contributed by atoms with van der Waals surface area (Å²) in [6.45, 7) is 4.31. The standard InChI is InChI=1S/C16H23FN2O.ClH/c1-2-18-10-11-19-15(20)16(8-3-4-9-16)13-6-5-7-14(17)12-13;/h5-7,12,18H,2-4,8-11H2,1H3,(H,19,20);1H. The molecule has 2 N–H and O–H groups in total. The number of amides is 1. The van der Waals surface area contributed by atoms with E-state index in [-0.39, 0.29) is 24.1 Å². The SMILES string of the molecule is CCNCCNC(=O)C1(c2cccc(F)c2)CCCC1.Cl. The van der Waals surface area contributed by atoms with Crippen LogP contribution in [0.25, 0.3) is 0 Å². The summed E-state index contributed by atoms with van der Waals surface area (Å²) in [5.41, 5.74) is 0.282. The number of likely N-dealkylation sites (N-methyl/N-ethyl adjacent to an activating group) is 1. The van der Waals surface area contributed by atoms with Gasteiger partial charge >= 0.3 is 0 Å². The van der Waals surface area contributed by atoms with E-state index < -0.39 is 5.41 Å². The average Bonchev–Trinajstić information content (AvgIpc) is 2.94. The minimum absolute atomic E-state index is 0. The Morgan fingerprint density at radius 1 is 1.29 bits per heavy atom. The molecule has 0 atom stereocenters. The minimum Gasteiger partial charge on any atom is -0.354 e. The van der Waals surface area contributed by atoms with E-state index in [0.717, 1.165) is 44.3 Å². The molecule has 21 heavy (non-hydrogen) atoms. The highest BCUT2D eigenvalue weighted by Gasteiger charge is 2.42. The molecule has 5 heteroatoms. The molecule has 1 amide bonds. The topological polar surface area (TPSA) is 41.1 Å². The highest BCUT2D eigenvalue weighted by molar-refractivity contribution is 5.88. The molecule has 1 aromatic carbocycles. The molecule has 0 unspecified atom stereocenters. The lowest BCUT2D eigenvalue weighted by atomic mass is 9.78. The maximum Gasteiger partial charge on any atom is 0.230 e. The molecule has 1 aromatic rings. The predicted molar refractivity (Wildman–Crippen MR) is 85.3 cm³/mol. The molecule has 0 bridgehead atoms. The summed E-state index contributed by atoms with van der Waals surface area (Å²) in [5.74, 6) is -0.229. The largest absolute Gasteiger partial charge is 0.354 e. The first-order valence-corrected chi connectivity index (χ1v) is 7.44. The van der Waals surface area contributed by atoms with Gasteiger partial charge in [0.15, 0.2) is 0 Å². The van der Waals surface area contributed by atoms with Crippen LogP contribution in [0.15, 0.2) is 24.3 Å². The third-order valence-corrected chi connectivity index (χ3v) is 4.11. The zero-order chi connectivity index (χ0) is 14.4. The molecular formula is C16H24ClFN2O. The van der Waals surface area contributed by atoms with Gasteiger partial charge in [0.25, 0.3) is 0 Å². The van der Waals surface area contributed by atoms with Gasteiger partial charge in [0.2, 0.25) is 5.91 Å². The van der Waals surface area contributed by atoms with E-state index in [1.165, 1.54) is 12.1 Å². The summed E-state index contributed by atoms with van der Waals surface area (Å²) in [6, 6.07) is 6.50. The predicted octanol–water partition coefficient (Wildman–Crippen LogP) is 2.79. The van der Waals surface area contributed by atoms with Crippen LogP contribution in [0.5, 0.6) is 0 Å². The summed E-state index contributed by atoms with van der Waals surface area (Å²) in [5, 5.41) is 6.18. The zero-order valence-corrected chi connectivity index (χ0v) is 13.3. The van der Waals surface area contributed by atoms with Crippen LogP contribution in [0.4, 0.5) is 4.39 Å². The zero-order valence-electron chi connectivity index (χ0n) is 12.5. The summed E-state index contributed by atoms with van der Waals surface area (Å²) in [6.07, 6.45) is 3.67. The summed E-state index contributed by atoms with van der Waals surface area (Å²) >= 11 is 0. The lowest BCUT2D eigenvalue weighted by molar-refractivity contribution is -0.126. The van der Waals surface area contributed by atoms with Crippen LogP contribution >= 0.6 is 12.4 Å². The summed E-state index contributed by atoms with van der Waals surface area (Å²) in [7, 11) is 0. The molecule has 118 valence electrons. The van der Waals surface area contributed by atoms with Gasteiger partial charge in [-0.25, -0.2) is 4.39 Å². The molecule has 1 fully saturated rings. The Morgan fingerprint density at radius 3 is 2.62 bits per heavy atom. The first-order chi connectivity index (χ1) is 9.69. The number of carbonyl (C=O) groups is 1. The number of carbonyl (C=O) groups excluding carboxylic acids is 1. The van der Waals surface area contributed by atoms with Crippen molar-refractivity contribution < 1.29 is 9.18 Å². The Kier molecular flexibility index (Phi) is 7.12. The van der Waals surface area contributed by atoms with Crippen LogP contribution in [0, 0.1) is 5.82 Å². The molecule has 0 spiro atoms. The second-order valence-electron chi connectivity index (χ2n) is 5.41. The Morgan fingerprint density at radius 2 is 2.00 bits per heavy atom. The second-order valence-corrected chi connectivity index (χ2v) is 5.41. The molecule has 0 aromatic heterocycles. The van der Waals surface area contributed by atoms with Crippen molar-refractivity contribution in [2.24, 2.45) is 0 Å². The molecule has 0 saturated heterocycles. The molecule has 3 nitrogen and oxygen atoms in total. The number of hydrogen-bond acceptors (Lipinski definition) is 2. The Labute approximate surface area is 132 Å². The maximum atomic E-state index is 13.5. The van der Waals surface area contributed by atoms with Crippen LogP contribution in [-0.4, -0.2) is 25.5 Å². The van der Waals surface area contributed by atoms with E-state index in [2.05, 4.69) is 10.6 Å². The van der Waals surface area contributed by atoms with Gasteiger partial charge in [-0.1, -0.05) is 31.9 Å². The van der Waals surface area contributed by atoms with Crippen molar-refractivity contribution in [3.05, 3.63) is 35.6 Å². The van der Waals surface area contributed by atoms with Crippen molar-refractivity contribution in [2.75, 3.05) is 19.6 Å². The highest BCUT2D eigenvalue weighted by atomic mass is 35.5. The number of rotatable bonds is 6. The van der Waals surface area contributed by atoms with Crippen molar-refractivity contribution in [1.82, 2.24) is 10.6 Å². The molecule has 2 rings (SSSR count). The molecule has 0 heterocycles. The van der Waals surface area contributed by atoms with E-state index in [1.54, 1.807) is 6.07 Å². The van der Waals surface area contributed by atoms with Gasteiger partial charge in [-0.2, -0.15) is 0 Å². The quantitative estimate of drug-likeness (QED) is 0.793. The fourth-order valence-corrected chi connectivity index (χ4v) is 3.02. The van der Waals surface area contributed by atoms with Crippen molar-refractivity contribution >= 4 is 18.3 Å². The van der Waals surface area contributed by atoms with Crippen LogP contribution in [0.2, 0.25) is 0 Å². The number of hydrogen-bond donors (Lipinski definition) is 2. The maximum absolute atomic E-state index is 13.5. The summed E-state index contributed by atoms with van der Waals surface area (Å²) < 4.78 is 13.5. The highest BCUT2D eigenvalue weighted by Crippen LogP contribution is 2.41. The van der Waals surface area contributed by atoms with Gasteiger partial charge < -0.3 is 10.6 Å². The lowest BCUT2D eigenvalue weighted by Gasteiger charge is -2.28. The van der Waals surface area contributed by atoms with Crippen molar-refractivity contribution in [3.63, 3.8) is 0 Å². The Hall–Kier alpha value is -1.13. The smallest absolute Gasteiger partial charge is 0.230 e. The number of benzene rings is 1. The van der Waals surface area contributed by atoms with E-state index in [9.17, 15) is 9.18 Å². The first-order valence-electron chi connectivity index (χ1n) is 7.44. The van der Waals surface area contributed by atoms with Crippen molar-refractivity contribution in [1.29, 1.82) is 0 Å². The third kappa shape index (κ3) is 4.17. The van der Waals surface area contributed by atoms with E-state index >= 15 is 0 Å². The van der Waals surface area contributed by atoms with E-state index in [4.69, 9.17) is 0 Å². The molecule has 0 aliphatic heterocycles. The van der Waals surface area contributed by atoms with Crippen LogP contribution in [0.1, 0.15) is 38.2 Å². The third-order valence-electron chi connectivity index (χ3n) is 4.11. The molecule has 0 radical (unpaired) electrons. The fraction of sp³-hybridized carbons (Fsp3) is 0.562. The van der Waals surface area contributed by atoms with E-state index in [1.807, 2.05) is 13.0 Å². The lowest BCUT2D eigenvalue weighted by Crippen LogP contribution is -2.44. The Bertz CT molecular complexity index is 461. The molecule has 1 saturated carbocycles. The van der Waals surface area contributed by atoms with Crippen molar-refractivity contribution in [3.8, 4) is 0 Å². The van der Waals surface area contributed by atoms with Gasteiger partial charge in [0.1, 0.15) is 5.82 Å². The summed E-state index contributed by atoms with van der Waals surface area (Å²) in [4.78, 5) is 12.6. The monoisotopic (exact) mass is 314 g/mol. The molecular weight excluding hydrogens is 291 g/mol.